The number of aliphatic hydroxyl groups excluding tert-OH is 1. The van der Waals surface area contributed by atoms with Gasteiger partial charge in [-0.25, -0.2) is 4.98 Å². The molecule has 1 fully saturated rings. The minimum absolute atomic E-state index is 0.00672. The van der Waals surface area contributed by atoms with E-state index in [1.165, 1.54) is 6.07 Å². The molecule has 0 radical (unpaired) electrons. The number of anilines is 1. The molecule has 6 nitrogen and oxygen atoms in total. The molecule has 1 saturated heterocycles. The lowest BCUT2D eigenvalue weighted by atomic mass is 10.2. The van der Waals surface area contributed by atoms with E-state index in [1.807, 2.05) is 4.90 Å². The lowest BCUT2D eigenvalue weighted by Gasteiger charge is -2.23. The first-order valence-electron chi connectivity index (χ1n) is 5.63. The van der Waals surface area contributed by atoms with Gasteiger partial charge in [0.05, 0.1) is 17.6 Å². The maximum absolute atomic E-state index is 11.0. The van der Waals surface area contributed by atoms with Gasteiger partial charge in [0.15, 0.2) is 0 Å². The molecule has 1 N–H and O–H groups in total. The highest BCUT2D eigenvalue weighted by molar-refractivity contribution is 5.59. The zero-order valence-corrected chi connectivity index (χ0v) is 9.67. The highest BCUT2D eigenvalue weighted by atomic mass is 16.6. The normalized spacial score (nSPS) is 19.6. The van der Waals surface area contributed by atoms with E-state index in [9.17, 15) is 15.2 Å². The summed E-state index contributed by atoms with van der Waals surface area (Å²) in [6, 6.07) is 3.05. The predicted molar refractivity (Wildman–Crippen MR) is 63.1 cm³/mol. The second-order valence-corrected chi connectivity index (χ2v) is 4.22. The fourth-order valence-corrected chi connectivity index (χ4v) is 2.19. The van der Waals surface area contributed by atoms with E-state index in [0.29, 0.717) is 12.4 Å². The highest BCUT2D eigenvalue weighted by Crippen LogP contribution is 2.31. The van der Waals surface area contributed by atoms with Crippen LogP contribution in [0.2, 0.25) is 0 Å². The molecule has 0 bridgehead atoms. The smallest absolute Gasteiger partial charge is 0.311 e. The van der Waals surface area contributed by atoms with Crippen LogP contribution < -0.4 is 4.90 Å². The summed E-state index contributed by atoms with van der Waals surface area (Å²) in [5, 5.41) is 20.2. The van der Waals surface area contributed by atoms with Crippen molar-refractivity contribution in [1.82, 2.24) is 4.98 Å². The molecule has 92 valence electrons. The molecule has 17 heavy (non-hydrogen) atoms. The van der Waals surface area contributed by atoms with Crippen molar-refractivity contribution in [2.75, 3.05) is 18.1 Å². The number of aliphatic hydroxyl groups is 1. The van der Waals surface area contributed by atoms with Crippen molar-refractivity contribution in [2.24, 2.45) is 0 Å². The van der Waals surface area contributed by atoms with E-state index in [2.05, 4.69) is 4.98 Å². The van der Waals surface area contributed by atoms with E-state index in [4.69, 9.17) is 0 Å². The number of aromatic nitrogens is 1. The van der Waals surface area contributed by atoms with Gasteiger partial charge >= 0.3 is 5.69 Å². The summed E-state index contributed by atoms with van der Waals surface area (Å²) in [4.78, 5) is 16.6. The molecule has 0 aliphatic carbocycles. The van der Waals surface area contributed by atoms with Gasteiger partial charge in [0.25, 0.3) is 0 Å². The summed E-state index contributed by atoms with van der Waals surface area (Å²) in [5.41, 5.74) is 0.755. The number of aryl methyl sites for hydroxylation is 1. The van der Waals surface area contributed by atoms with Crippen LogP contribution in [0.5, 0.6) is 0 Å². The lowest BCUT2D eigenvalue weighted by Crippen LogP contribution is -2.33. The van der Waals surface area contributed by atoms with Crippen LogP contribution in [0.15, 0.2) is 12.1 Å². The van der Waals surface area contributed by atoms with Gasteiger partial charge in [-0.15, -0.1) is 0 Å². The average Bonchev–Trinajstić information content (AvgIpc) is 2.76. The maximum atomic E-state index is 11.0. The number of nitro groups is 1. The number of hydrogen-bond donors (Lipinski definition) is 1. The summed E-state index contributed by atoms with van der Waals surface area (Å²) in [6.45, 7) is 2.52. The molecule has 2 heterocycles. The van der Waals surface area contributed by atoms with E-state index in [0.717, 1.165) is 18.5 Å². The topological polar surface area (TPSA) is 79.5 Å². The van der Waals surface area contributed by atoms with Crippen LogP contribution in [-0.2, 0) is 0 Å². The van der Waals surface area contributed by atoms with Gasteiger partial charge in [-0.05, 0) is 25.8 Å². The van der Waals surface area contributed by atoms with Crippen molar-refractivity contribution in [3.8, 4) is 0 Å². The lowest BCUT2D eigenvalue weighted by molar-refractivity contribution is -0.384. The molecule has 0 spiro atoms. The second kappa shape index (κ2) is 4.67. The first-order valence-corrected chi connectivity index (χ1v) is 5.63. The van der Waals surface area contributed by atoms with Gasteiger partial charge in [0.2, 0.25) is 5.82 Å². The summed E-state index contributed by atoms with van der Waals surface area (Å²) in [6.07, 6.45) is 1.78. The van der Waals surface area contributed by atoms with Crippen molar-refractivity contribution >= 4 is 11.5 Å². The minimum atomic E-state index is -0.422. The van der Waals surface area contributed by atoms with Crippen molar-refractivity contribution in [3.05, 3.63) is 27.9 Å². The Labute approximate surface area is 99.0 Å². The van der Waals surface area contributed by atoms with Crippen molar-refractivity contribution in [1.29, 1.82) is 0 Å². The molecule has 0 aromatic carbocycles. The zero-order valence-electron chi connectivity index (χ0n) is 9.67. The summed E-state index contributed by atoms with van der Waals surface area (Å²) < 4.78 is 0. The van der Waals surface area contributed by atoms with E-state index in [-0.39, 0.29) is 18.3 Å². The van der Waals surface area contributed by atoms with Gasteiger partial charge in [0.1, 0.15) is 0 Å². The fourth-order valence-electron chi connectivity index (χ4n) is 2.19. The van der Waals surface area contributed by atoms with Gasteiger partial charge in [-0.3, -0.25) is 10.1 Å². The monoisotopic (exact) mass is 237 g/mol. The molecule has 0 amide bonds. The van der Waals surface area contributed by atoms with Crippen LogP contribution in [0.1, 0.15) is 18.5 Å². The maximum Gasteiger partial charge on any atom is 0.311 e. The number of hydrogen-bond acceptors (Lipinski definition) is 5. The van der Waals surface area contributed by atoms with Crippen LogP contribution in [0.25, 0.3) is 0 Å². The second-order valence-electron chi connectivity index (χ2n) is 4.22. The third kappa shape index (κ3) is 2.21. The van der Waals surface area contributed by atoms with Gasteiger partial charge < -0.3 is 10.0 Å². The molecule has 2 rings (SSSR count). The van der Waals surface area contributed by atoms with E-state index >= 15 is 0 Å². The molecule has 0 saturated carbocycles. The zero-order chi connectivity index (χ0) is 12.4. The third-order valence-electron chi connectivity index (χ3n) is 3.05. The Bertz CT molecular complexity index is 436. The molecule has 1 unspecified atom stereocenters. The SMILES string of the molecule is Cc1ccc([N+](=O)[O-])c(N2CCCC2CO)n1. The number of pyridine rings is 1. The highest BCUT2D eigenvalue weighted by Gasteiger charge is 2.30. The number of rotatable bonds is 3. The van der Waals surface area contributed by atoms with Crippen molar-refractivity contribution < 1.29 is 10.0 Å². The van der Waals surface area contributed by atoms with Crippen LogP contribution in [0, 0.1) is 17.0 Å². The van der Waals surface area contributed by atoms with Crippen molar-refractivity contribution in [2.45, 2.75) is 25.8 Å². The molecule has 6 heteroatoms. The Morgan fingerprint density at radius 3 is 3.06 bits per heavy atom. The Morgan fingerprint density at radius 1 is 1.65 bits per heavy atom. The van der Waals surface area contributed by atoms with Gasteiger partial charge in [-0.1, -0.05) is 0 Å². The fraction of sp³-hybridized carbons (Fsp3) is 0.545. The Morgan fingerprint density at radius 2 is 2.41 bits per heavy atom. The van der Waals surface area contributed by atoms with Crippen LogP contribution >= 0.6 is 0 Å². The largest absolute Gasteiger partial charge is 0.394 e. The Kier molecular flexibility index (Phi) is 3.23. The molecular weight excluding hydrogens is 222 g/mol. The van der Waals surface area contributed by atoms with Gasteiger partial charge in [0, 0.05) is 18.3 Å². The van der Waals surface area contributed by atoms with E-state index in [1.54, 1.807) is 13.0 Å². The van der Waals surface area contributed by atoms with Crippen molar-refractivity contribution in [3.63, 3.8) is 0 Å². The third-order valence-corrected chi connectivity index (χ3v) is 3.05. The first-order chi connectivity index (χ1) is 8.13. The number of nitrogens with zero attached hydrogens (tertiary/aromatic N) is 3. The average molecular weight is 237 g/mol. The van der Waals surface area contributed by atoms with Gasteiger partial charge in [-0.2, -0.15) is 0 Å². The standard InChI is InChI=1S/C11H15N3O3/c1-8-4-5-10(14(16)17)11(12-8)13-6-2-3-9(13)7-15/h4-5,9,15H,2-3,6-7H2,1H3. The summed E-state index contributed by atoms with van der Waals surface area (Å²) in [5.74, 6) is 0.381. The first kappa shape index (κ1) is 11.8. The van der Waals surface area contributed by atoms with Crippen LogP contribution in [0.3, 0.4) is 0 Å². The molecule has 1 aliphatic rings. The molecule has 1 aliphatic heterocycles. The minimum Gasteiger partial charge on any atom is -0.394 e. The predicted octanol–water partition coefficient (Wildman–Crippen LogP) is 1.26. The Balaban J connectivity index is 2.42. The summed E-state index contributed by atoms with van der Waals surface area (Å²) in [7, 11) is 0. The quantitative estimate of drug-likeness (QED) is 0.632. The molecule has 1 atom stereocenters. The molecule has 1 aromatic heterocycles. The molecule has 1 aromatic rings. The van der Waals surface area contributed by atoms with Crippen LogP contribution in [0.4, 0.5) is 11.5 Å². The Hall–Kier alpha value is -1.69. The van der Waals surface area contributed by atoms with Crippen LogP contribution in [-0.4, -0.2) is 34.2 Å². The van der Waals surface area contributed by atoms with E-state index < -0.39 is 4.92 Å². The molecular formula is C11H15N3O3. The summed E-state index contributed by atoms with van der Waals surface area (Å²) >= 11 is 0.